The van der Waals surface area contributed by atoms with E-state index in [1.807, 2.05) is 0 Å². The molecule has 0 unspecified atom stereocenters. The van der Waals surface area contributed by atoms with Crippen LogP contribution in [0, 0.1) is 11.6 Å². The van der Waals surface area contributed by atoms with Gasteiger partial charge in [0.05, 0.1) is 18.4 Å². The summed E-state index contributed by atoms with van der Waals surface area (Å²) >= 11 is 0. The molecule has 3 rings (SSSR count). The van der Waals surface area contributed by atoms with Gasteiger partial charge in [-0.3, -0.25) is 0 Å². The van der Waals surface area contributed by atoms with Gasteiger partial charge in [-0.05, 0) is 36.4 Å². The van der Waals surface area contributed by atoms with Crippen molar-refractivity contribution in [3.05, 3.63) is 66.0 Å². The predicted molar refractivity (Wildman–Crippen MR) is 93.9 cm³/mol. The minimum Gasteiger partial charge on any atom is -0.465 e. The van der Waals surface area contributed by atoms with Crippen molar-refractivity contribution in [1.82, 2.24) is 9.97 Å². The maximum absolute atomic E-state index is 13.8. The molecular weight excluding hydrogens is 358 g/mol. The van der Waals surface area contributed by atoms with Crippen molar-refractivity contribution in [2.75, 3.05) is 18.2 Å². The van der Waals surface area contributed by atoms with Crippen LogP contribution in [0.4, 0.5) is 26.0 Å². The highest BCUT2D eigenvalue weighted by atomic mass is 19.1. The number of nitrogens with zero attached hydrogens (tertiary/aromatic N) is 2. The first kappa shape index (κ1) is 18.1. The number of rotatable bonds is 5. The Hall–Kier alpha value is -3.75. The van der Waals surface area contributed by atoms with E-state index < -0.39 is 17.6 Å². The van der Waals surface area contributed by atoms with E-state index in [2.05, 4.69) is 20.0 Å². The Balaban J connectivity index is 1.82. The van der Waals surface area contributed by atoms with Gasteiger partial charge in [-0.15, -0.1) is 0 Å². The fraction of sp³-hybridized carbons (Fsp3) is 0.0556. The minimum absolute atomic E-state index is 0.00166. The fourth-order valence-electron chi connectivity index (χ4n) is 2.17. The number of anilines is 3. The average Bonchev–Trinajstić information content (AvgIpc) is 2.67. The Bertz CT molecular complexity index is 981. The third kappa shape index (κ3) is 4.09. The van der Waals surface area contributed by atoms with Gasteiger partial charge in [-0.1, -0.05) is 0 Å². The highest BCUT2D eigenvalue weighted by molar-refractivity contribution is 5.89. The molecular formula is C18H14F2N4O3. The SMILES string of the molecule is COC(=O)c1ccc(Oc2ncnc(Nc3cc(F)ccc3F)c2N)cc1. The summed E-state index contributed by atoms with van der Waals surface area (Å²) < 4.78 is 37.3. The van der Waals surface area contributed by atoms with Crippen LogP contribution in [0.3, 0.4) is 0 Å². The third-order valence-corrected chi connectivity index (χ3v) is 3.52. The van der Waals surface area contributed by atoms with E-state index in [4.69, 9.17) is 10.5 Å². The van der Waals surface area contributed by atoms with Crippen LogP contribution in [0.5, 0.6) is 11.6 Å². The topological polar surface area (TPSA) is 99.4 Å². The number of hydrogen-bond donors (Lipinski definition) is 2. The average molecular weight is 372 g/mol. The Kier molecular flexibility index (Phi) is 5.11. The molecule has 0 aliphatic carbocycles. The normalized spacial score (nSPS) is 10.3. The second-order valence-corrected chi connectivity index (χ2v) is 5.31. The first-order chi connectivity index (χ1) is 13.0. The van der Waals surface area contributed by atoms with Gasteiger partial charge in [0.25, 0.3) is 0 Å². The second-order valence-electron chi connectivity index (χ2n) is 5.31. The Morgan fingerprint density at radius 1 is 1.11 bits per heavy atom. The van der Waals surface area contributed by atoms with Crippen molar-refractivity contribution < 1.29 is 23.0 Å². The van der Waals surface area contributed by atoms with Gasteiger partial charge in [0.1, 0.15) is 29.4 Å². The summed E-state index contributed by atoms with van der Waals surface area (Å²) in [6.45, 7) is 0. The first-order valence-electron chi connectivity index (χ1n) is 7.66. The lowest BCUT2D eigenvalue weighted by Gasteiger charge is -2.12. The van der Waals surface area contributed by atoms with Crippen LogP contribution in [0.1, 0.15) is 10.4 Å². The van der Waals surface area contributed by atoms with Crippen LogP contribution in [0.25, 0.3) is 0 Å². The van der Waals surface area contributed by atoms with E-state index in [1.54, 1.807) is 0 Å². The quantitative estimate of drug-likeness (QED) is 0.659. The number of methoxy groups -OCH3 is 1. The molecule has 1 aromatic heterocycles. The van der Waals surface area contributed by atoms with Crippen LogP contribution < -0.4 is 15.8 Å². The van der Waals surface area contributed by atoms with Gasteiger partial charge in [-0.2, -0.15) is 4.98 Å². The number of nitrogens with two attached hydrogens (primary N) is 1. The van der Waals surface area contributed by atoms with E-state index in [1.165, 1.54) is 31.4 Å². The first-order valence-corrected chi connectivity index (χ1v) is 7.66. The highest BCUT2D eigenvalue weighted by Crippen LogP contribution is 2.31. The molecule has 3 N–H and O–H groups in total. The zero-order valence-corrected chi connectivity index (χ0v) is 14.1. The lowest BCUT2D eigenvalue weighted by Crippen LogP contribution is -2.04. The van der Waals surface area contributed by atoms with E-state index in [-0.39, 0.29) is 23.1 Å². The van der Waals surface area contributed by atoms with E-state index in [0.717, 1.165) is 24.5 Å². The number of benzene rings is 2. The molecule has 7 nitrogen and oxygen atoms in total. The number of nitrogen functional groups attached to an aromatic ring is 1. The van der Waals surface area contributed by atoms with Gasteiger partial charge >= 0.3 is 5.97 Å². The lowest BCUT2D eigenvalue weighted by atomic mass is 10.2. The van der Waals surface area contributed by atoms with E-state index >= 15 is 0 Å². The zero-order chi connectivity index (χ0) is 19.4. The molecule has 0 aliphatic heterocycles. The number of halogens is 2. The van der Waals surface area contributed by atoms with Gasteiger partial charge in [0.2, 0.25) is 5.88 Å². The summed E-state index contributed by atoms with van der Waals surface area (Å²) in [4.78, 5) is 19.3. The number of carbonyl (C=O) groups excluding carboxylic acids is 1. The number of ether oxygens (including phenoxy) is 2. The second kappa shape index (κ2) is 7.65. The van der Waals surface area contributed by atoms with E-state index in [9.17, 15) is 13.6 Å². The molecule has 0 spiro atoms. The zero-order valence-electron chi connectivity index (χ0n) is 14.1. The monoisotopic (exact) mass is 372 g/mol. The Morgan fingerprint density at radius 2 is 1.85 bits per heavy atom. The van der Waals surface area contributed by atoms with Gasteiger partial charge < -0.3 is 20.5 Å². The maximum atomic E-state index is 13.8. The number of hydrogen-bond acceptors (Lipinski definition) is 7. The lowest BCUT2D eigenvalue weighted by molar-refractivity contribution is 0.0600. The van der Waals surface area contributed by atoms with E-state index in [0.29, 0.717) is 11.3 Å². The number of aromatic nitrogens is 2. The molecule has 9 heteroatoms. The Labute approximate surface area is 152 Å². The molecule has 2 aromatic carbocycles. The molecule has 0 saturated carbocycles. The van der Waals surface area contributed by atoms with Crippen LogP contribution in [0.2, 0.25) is 0 Å². The maximum Gasteiger partial charge on any atom is 0.337 e. The van der Waals surface area contributed by atoms with Crippen LogP contribution in [0.15, 0.2) is 48.8 Å². The summed E-state index contributed by atoms with van der Waals surface area (Å²) in [5.74, 6) is -1.35. The smallest absolute Gasteiger partial charge is 0.337 e. The fourth-order valence-corrected chi connectivity index (χ4v) is 2.17. The molecule has 0 radical (unpaired) electrons. The largest absolute Gasteiger partial charge is 0.465 e. The molecule has 0 atom stereocenters. The van der Waals surface area contributed by atoms with Crippen molar-refractivity contribution >= 4 is 23.2 Å². The van der Waals surface area contributed by atoms with Gasteiger partial charge in [-0.25, -0.2) is 18.6 Å². The molecule has 0 bridgehead atoms. The summed E-state index contributed by atoms with van der Waals surface area (Å²) in [6.07, 6.45) is 1.16. The van der Waals surface area contributed by atoms with Crippen LogP contribution in [-0.4, -0.2) is 23.0 Å². The molecule has 0 fully saturated rings. The molecule has 138 valence electrons. The number of esters is 1. The molecule has 27 heavy (non-hydrogen) atoms. The van der Waals surface area contributed by atoms with Crippen LogP contribution >= 0.6 is 0 Å². The van der Waals surface area contributed by atoms with Crippen molar-refractivity contribution in [1.29, 1.82) is 0 Å². The summed E-state index contributed by atoms with van der Waals surface area (Å²) in [5.41, 5.74) is 6.18. The third-order valence-electron chi connectivity index (χ3n) is 3.52. The Morgan fingerprint density at radius 3 is 2.56 bits per heavy atom. The van der Waals surface area contributed by atoms with Crippen molar-refractivity contribution in [3.63, 3.8) is 0 Å². The van der Waals surface area contributed by atoms with Crippen molar-refractivity contribution in [2.45, 2.75) is 0 Å². The van der Waals surface area contributed by atoms with Crippen molar-refractivity contribution in [2.24, 2.45) is 0 Å². The molecule has 1 heterocycles. The highest BCUT2D eigenvalue weighted by Gasteiger charge is 2.13. The predicted octanol–water partition coefficient (Wildman–Crippen LogP) is 3.66. The minimum atomic E-state index is -0.671. The van der Waals surface area contributed by atoms with Gasteiger partial charge in [0.15, 0.2) is 5.82 Å². The summed E-state index contributed by atoms with van der Waals surface area (Å²) in [7, 11) is 1.28. The number of nitrogens with one attached hydrogen (secondary N) is 1. The summed E-state index contributed by atoms with van der Waals surface area (Å²) in [5, 5.41) is 2.61. The van der Waals surface area contributed by atoms with Crippen molar-refractivity contribution in [3.8, 4) is 11.6 Å². The summed E-state index contributed by atoms with van der Waals surface area (Å²) in [6, 6.07) is 9.05. The number of carbonyl (C=O) groups is 1. The molecule has 0 saturated heterocycles. The van der Waals surface area contributed by atoms with Crippen LogP contribution in [-0.2, 0) is 4.74 Å². The molecule has 3 aromatic rings. The standard InChI is InChI=1S/C18H14F2N4O3/c1-26-18(25)10-2-5-12(6-3-10)27-17-15(21)16(22-9-23-17)24-14-8-11(19)4-7-13(14)20/h2-9H,21H2,1H3,(H,22,23,24). The molecule has 0 aliphatic rings. The van der Waals surface area contributed by atoms with Gasteiger partial charge in [0, 0.05) is 6.07 Å². The molecule has 0 amide bonds.